The second kappa shape index (κ2) is 7.69. The summed E-state index contributed by atoms with van der Waals surface area (Å²) < 4.78 is 0. The van der Waals surface area contributed by atoms with Gasteiger partial charge in [0.05, 0.1) is 0 Å². The number of hydrogen-bond donors (Lipinski definition) is 1. The van der Waals surface area contributed by atoms with Crippen LogP contribution in [-0.2, 0) is 0 Å². The van der Waals surface area contributed by atoms with E-state index in [4.69, 9.17) is 0 Å². The van der Waals surface area contributed by atoms with Crippen LogP contribution in [0.3, 0.4) is 0 Å². The molecule has 0 aromatic carbocycles. The van der Waals surface area contributed by atoms with Gasteiger partial charge >= 0.3 is 0 Å². The third kappa shape index (κ3) is 5.13. The standard InChI is InChI=1S/C13H20S/c1-5-12(8-7-9-14)13(6-2)10-11(3)4/h5-8,10,14H,9H2,1-4H3/b8-7-,12-5+,13-6+. The number of allylic oxidation sites excluding steroid dienone is 7. The van der Waals surface area contributed by atoms with E-state index in [0.29, 0.717) is 0 Å². The van der Waals surface area contributed by atoms with Gasteiger partial charge in [-0.05, 0) is 38.8 Å². The fraction of sp³-hybridized carbons (Fsp3) is 0.385. The Labute approximate surface area is 93.5 Å². The highest BCUT2D eigenvalue weighted by molar-refractivity contribution is 7.80. The highest BCUT2D eigenvalue weighted by Gasteiger charge is 1.95. The molecule has 0 fully saturated rings. The summed E-state index contributed by atoms with van der Waals surface area (Å²) in [6.07, 6.45) is 10.6. The summed E-state index contributed by atoms with van der Waals surface area (Å²) in [7, 11) is 0. The van der Waals surface area contributed by atoms with Gasteiger partial charge in [-0.1, -0.05) is 36.0 Å². The molecule has 0 rings (SSSR count). The summed E-state index contributed by atoms with van der Waals surface area (Å²) in [6.45, 7) is 8.34. The van der Waals surface area contributed by atoms with E-state index in [-0.39, 0.29) is 0 Å². The largest absolute Gasteiger partial charge is 0.175 e. The smallest absolute Gasteiger partial charge is 0.00858 e. The van der Waals surface area contributed by atoms with Crippen LogP contribution in [0.4, 0.5) is 0 Å². The molecule has 0 amide bonds. The molecule has 1 heteroatoms. The minimum atomic E-state index is 0.781. The van der Waals surface area contributed by atoms with E-state index in [9.17, 15) is 0 Å². The van der Waals surface area contributed by atoms with Crippen molar-refractivity contribution in [2.45, 2.75) is 27.7 Å². The van der Waals surface area contributed by atoms with Crippen LogP contribution in [0.1, 0.15) is 27.7 Å². The van der Waals surface area contributed by atoms with E-state index < -0.39 is 0 Å². The molecule has 0 aromatic rings. The van der Waals surface area contributed by atoms with Crippen molar-refractivity contribution in [1.82, 2.24) is 0 Å². The monoisotopic (exact) mass is 208 g/mol. The Kier molecular flexibility index (Phi) is 7.31. The van der Waals surface area contributed by atoms with Crippen LogP contribution in [0.2, 0.25) is 0 Å². The Hall–Kier alpha value is -0.690. The summed E-state index contributed by atoms with van der Waals surface area (Å²) >= 11 is 4.15. The molecule has 0 heterocycles. The van der Waals surface area contributed by atoms with Crippen molar-refractivity contribution in [3.63, 3.8) is 0 Å². The van der Waals surface area contributed by atoms with Gasteiger partial charge < -0.3 is 0 Å². The first-order valence-electron chi connectivity index (χ1n) is 4.91. The summed E-state index contributed by atoms with van der Waals surface area (Å²) in [5, 5.41) is 0. The molecule has 0 aromatic heterocycles. The minimum Gasteiger partial charge on any atom is -0.175 e. The normalized spacial score (nSPS) is 13.5. The zero-order valence-electron chi connectivity index (χ0n) is 9.54. The van der Waals surface area contributed by atoms with Gasteiger partial charge in [0.1, 0.15) is 0 Å². The van der Waals surface area contributed by atoms with Crippen molar-refractivity contribution in [3.05, 3.63) is 47.1 Å². The minimum absolute atomic E-state index is 0.781. The first-order valence-corrected chi connectivity index (χ1v) is 5.54. The van der Waals surface area contributed by atoms with Gasteiger partial charge in [-0.25, -0.2) is 0 Å². The molecule has 0 aliphatic carbocycles. The van der Waals surface area contributed by atoms with Gasteiger partial charge in [0, 0.05) is 5.75 Å². The van der Waals surface area contributed by atoms with E-state index in [1.807, 2.05) is 0 Å². The van der Waals surface area contributed by atoms with Crippen molar-refractivity contribution in [2.24, 2.45) is 0 Å². The lowest BCUT2D eigenvalue weighted by molar-refractivity contribution is 1.35. The maximum atomic E-state index is 4.15. The highest BCUT2D eigenvalue weighted by Crippen LogP contribution is 2.15. The van der Waals surface area contributed by atoms with Crippen molar-refractivity contribution >= 4 is 12.6 Å². The Morgan fingerprint density at radius 1 is 1.07 bits per heavy atom. The first kappa shape index (κ1) is 13.3. The van der Waals surface area contributed by atoms with Crippen LogP contribution in [0.25, 0.3) is 0 Å². The van der Waals surface area contributed by atoms with E-state index in [0.717, 1.165) is 5.75 Å². The van der Waals surface area contributed by atoms with E-state index in [2.05, 4.69) is 70.7 Å². The summed E-state index contributed by atoms with van der Waals surface area (Å²) in [4.78, 5) is 0. The van der Waals surface area contributed by atoms with E-state index >= 15 is 0 Å². The van der Waals surface area contributed by atoms with Crippen LogP contribution in [0.5, 0.6) is 0 Å². The molecule has 0 spiro atoms. The van der Waals surface area contributed by atoms with Gasteiger partial charge in [0.25, 0.3) is 0 Å². The Morgan fingerprint density at radius 3 is 2.00 bits per heavy atom. The topological polar surface area (TPSA) is 0 Å². The molecule has 0 saturated heterocycles. The predicted molar refractivity (Wildman–Crippen MR) is 69.9 cm³/mol. The van der Waals surface area contributed by atoms with Crippen LogP contribution in [-0.4, -0.2) is 5.75 Å². The lowest BCUT2D eigenvalue weighted by Crippen LogP contribution is -1.84. The van der Waals surface area contributed by atoms with Crippen molar-refractivity contribution in [1.29, 1.82) is 0 Å². The zero-order valence-corrected chi connectivity index (χ0v) is 10.4. The van der Waals surface area contributed by atoms with Crippen molar-refractivity contribution in [3.8, 4) is 0 Å². The molecule has 0 saturated carbocycles. The van der Waals surface area contributed by atoms with Gasteiger partial charge in [0.2, 0.25) is 0 Å². The molecule has 0 aliphatic rings. The lowest BCUT2D eigenvalue weighted by atomic mass is 10.0. The molecule has 0 aliphatic heterocycles. The van der Waals surface area contributed by atoms with E-state index in [1.54, 1.807) is 0 Å². The van der Waals surface area contributed by atoms with Crippen LogP contribution < -0.4 is 0 Å². The average molecular weight is 208 g/mol. The molecule has 0 bridgehead atoms. The molecule has 78 valence electrons. The fourth-order valence-corrected chi connectivity index (χ4v) is 1.29. The van der Waals surface area contributed by atoms with Gasteiger partial charge in [0.15, 0.2) is 0 Å². The number of rotatable bonds is 4. The molecule has 0 unspecified atom stereocenters. The van der Waals surface area contributed by atoms with Gasteiger partial charge in [-0.2, -0.15) is 12.6 Å². The maximum absolute atomic E-state index is 4.15. The number of thiol groups is 1. The summed E-state index contributed by atoms with van der Waals surface area (Å²) in [5.41, 5.74) is 3.84. The van der Waals surface area contributed by atoms with Gasteiger partial charge in [-0.15, -0.1) is 0 Å². The third-order valence-electron chi connectivity index (χ3n) is 1.80. The predicted octanol–water partition coefficient (Wildman–Crippen LogP) is 4.33. The van der Waals surface area contributed by atoms with Crippen molar-refractivity contribution in [2.75, 3.05) is 5.75 Å². The zero-order chi connectivity index (χ0) is 11.0. The van der Waals surface area contributed by atoms with Crippen LogP contribution in [0.15, 0.2) is 47.1 Å². The second-order valence-corrected chi connectivity index (χ2v) is 3.66. The van der Waals surface area contributed by atoms with Crippen LogP contribution in [0, 0.1) is 0 Å². The first-order chi connectivity index (χ1) is 6.65. The second-order valence-electron chi connectivity index (χ2n) is 3.29. The Bertz CT molecular complexity index is 274. The van der Waals surface area contributed by atoms with Gasteiger partial charge in [-0.3, -0.25) is 0 Å². The fourth-order valence-electron chi connectivity index (χ4n) is 1.18. The molecular formula is C13H20S. The molecule has 0 N–H and O–H groups in total. The molecular weight excluding hydrogens is 188 g/mol. The highest BCUT2D eigenvalue weighted by atomic mass is 32.1. The molecule has 0 atom stereocenters. The Balaban J connectivity index is 4.84. The van der Waals surface area contributed by atoms with Crippen molar-refractivity contribution < 1.29 is 0 Å². The SMILES string of the molecule is C/C=C(C=C(C)C)/C(/C=C\CS)=C/C. The average Bonchev–Trinajstić information content (AvgIpc) is 2.16. The third-order valence-corrected chi connectivity index (χ3v) is 2.01. The molecule has 14 heavy (non-hydrogen) atoms. The maximum Gasteiger partial charge on any atom is 0.00858 e. The lowest BCUT2D eigenvalue weighted by Gasteiger charge is -2.03. The van der Waals surface area contributed by atoms with Crippen LogP contribution >= 0.6 is 12.6 Å². The van der Waals surface area contributed by atoms with E-state index in [1.165, 1.54) is 16.7 Å². The summed E-state index contributed by atoms with van der Waals surface area (Å²) in [5.74, 6) is 0.781. The molecule has 0 radical (unpaired) electrons. The molecule has 0 nitrogen and oxygen atoms in total. The Morgan fingerprint density at radius 2 is 1.64 bits per heavy atom. The number of hydrogen-bond acceptors (Lipinski definition) is 1. The summed E-state index contributed by atoms with van der Waals surface area (Å²) in [6, 6.07) is 0. The quantitative estimate of drug-likeness (QED) is 0.516.